The highest BCUT2D eigenvalue weighted by atomic mass is 16.5. The van der Waals surface area contributed by atoms with Crippen LogP contribution in [0.4, 0.5) is 0 Å². The lowest BCUT2D eigenvalue weighted by Crippen LogP contribution is -2.45. The van der Waals surface area contributed by atoms with E-state index in [4.69, 9.17) is 4.74 Å². The van der Waals surface area contributed by atoms with Gasteiger partial charge < -0.3 is 20.3 Å². The van der Waals surface area contributed by atoms with E-state index in [1.807, 2.05) is 0 Å². The molecule has 0 saturated heterocycles. The second kappa shape index (κ2) is 54.4. The highest BCUT2D eigenvalue weighted by molar-refractivity contribution is 5.76. The van der Waals surface area contributed by atoms with Gasteiger partial charge in [0.05, 0.1) is 25.4 Å². The standard InChI is InChI=1S/C59H109NO5/c1-3-5-7-9-11-13-14-15-16-17-24-27-30-33-37-41-45-49-53-59(64)65-54-50-46-42-38-34-31-28-25-22-20-18-19-21-23-26-29-32-36-40-44-48-52-58(63)60-56(55-61)57(62)51-47-43-39-35-12-10-8-6-4-2/h13-14,16-17,31,34,42,46,56-57,61-62H,3-12,15,18-30,32-33,35-41,43-45,47-55H2,1-2H3,(H,60,63)/b14-13-,17-16-,34-31-,46-42-. The molecular weight excluding hydrogens is 803 g/mol. The van der Waals surface area contributed by atoms with Crippen LogP contribution in [-0.4, -0.2) is 47.4 Å². The fraction of sp³-hybridized carbons (Fsp3) is 0.831. The number of allylic oxidation sites excluding steroid dienone is 7. The Hall–Kier alpha value is -2.18. The average Bonchev–Trinajstić information content (AvgIpc) is 3.31. The van der Waals surface area contributed by atoms with Gasteiger partial charge in [0.25, 0.3) is 0 Å². The molecule has 0 bridgehead atoms. The minimum atomic E-state index is -0.666. The molecule has 6 nitrogen and oxygen atoms in total. The highest BCUT2D eigenvalue weighted by Crippen LogP contribution is 2.16. The zero-order valence-corrected chi connectivity index (χ0v) is 43.2. The van der Waals surface area contributed by atoms with Crippen LogP contribution in [-0.2, 0) is 14.3 Å². The van der Waals surface area contributed by atoms with Crippen molar-refractivity contribution in [3.63, 3.8) is 0 Å². The van der Waals surface area contributed by atoms with Crippen LogP contribution in [0.2, 0.25) is 0 Å². The van der Waals surface area contributed by atoms with Gasteiger partial charge in [-0.2, -0.15) is 0 Å². The number of carbonyl (C=O) groups excluding carboxylic acids is 2. The molecule has 0 fully saturated rings. The van der Waals surface area contributed by atoms with E-state index in [2.05, 4.69) is 67.8 Å². The molecule has 1 amide bonds. The molecule has 0 heterocycles. The molecule has 3 N–H and O–H groups in total. The quantitative estimate of drug-likeness (QED) is 0.0321. The maximum Gasteiger partial charge on any atom is 0.305 e. The number of unbranched alkanes of at least 4 members (excludes halogenated alkanes) is 33. The molecule has 0 aromatic heterocycles. The summed E-state index contributed by atoms with van der Waals surface area (Å²) >= 11 is 0. The summed E-state index contributed by atoms with van der Waals surface area (Å²) in [6.45, 7) is 4.80. The molecule has 0 rings (SSSR count). The SMILES string of the molecule is CCCCCC/C=C\C/C=C\CCCCCCCCCC(=O)OCC/C=C\C/C=C\CCCCCCCCCCCCCCCCC(=O)NC(CO)C(O)CCCCCCCCCCC. The van der Waals surface area contributed by atoms with Gasteiger partial charge in [-0.1, -0.05) is 249 Å². The third kappa shape index (κ3) is 51.1. The Kier molecular flexibility index (Phi) is 52.6. The predicted molar refractivity (Wildman–Crippen MR) is 282 cm³/mol. The molecule has 0 spiro atoms. The second-order valence-electron chi connectivity index (χ2n) is 19.3. The van der Waals surface area contributed by atoms with Crippen molar-refractivity contribution in [3.05, 3.63) is 48.6 Å². The third-order valence-corrected chi connectivity index (χ3v) is 12.9. The Morgan fingerprint density at radius 2 is 0.769 bits per heavy atom. The summed E-state index contributed by atoms with van der Waals surface area (Å²) in [6.07, 6.45) is 68.4. The van der Waals surface area contributed by atoms with Crippen LogP contribution in [0.3, 0.4) is 0 Å². The Bertz CT molecular complexity index is 1100. The van der Waals surface area contributed by atoms with Gasteiger partial charge in [-0.25, -0.2) is 0 Å². The number of esters is 1. The van der Waals surface area contributed by atoms with Crippen LogP contribution >= 0.6 is 0 Å². The normalized spacial score (nSPS) is 13.0. The topological polar surface area (TPSA) is 95.9 Å². The zero-order valence-electron chi connectivity index (χ0n) is 43.2. The molecule has 0 aliphatic carbocycles. The molecule has 0 aromatic carbocycles. The molecule has 0 aliphatic rings. The molecule has 0 aliphatic heterocycles. The minimum absolute atomic E-state index is 0.0430. The van der Waals surface area contributed by atoms with E-state index in [9.17, 15) is 19.8 Å². The predicted octanol–water partition coefficient (Wildman–Crippen LogP) is 17.4. The molecule has 2 unspecified atom stereocenters. The van der Waals surface area contributed by atoms with Gasteiger partial charge in [0.1, 0.15) is 0 Å². The van der Waals surface area contributed by atoms with Gasteiger partial charge in [-0.05, 0) is 77.0 Å². The Morgan fingerprint density at radius 1 is 0.431 bits per heavy atom. The molecule has 0 aromatic rings. The van der Waals surface area contributed by atoms with Crippen molar-refractivity contribution in [2.45, 2.75) is 302 Å². The monoisotopic (exact) mass is 912 g/mol. The van der Waals surface area contributed by atoms with Gasteiger partial charge in [0.15, 0.2) is 0 Å². The van der Waals surface area contributed by atoms with Crippen LogP contribution in [0.5, 0.6) is 0 Å². The molecular formula is C59H109NO5. The van der Waals surface area contributed by atoms with Crippen LogP contribution < -0.4 is 5.32 Å². The average molecular weight is 913 g/mol. The number of amides is 1. The Labute approximate surface area is 404 Å². The summed E-state index contributed by atoms with van der Waals surface area (Å²) in [7, 11) is 0. The second-order valence-corrected chi connectivity index (χ2v) is 19.3. The van der Waals surface area contributed by atoms with Crippen molar-refractivity contribution in [1.29, 1.82) is 0 Å². The number of rotatable bonds is 52. The van der Waals surface area contributed by atoms with Gasteiger partial charge >= 0.3 is 5.97 Å². The van der Waals surface area contributed by atoms with Crippen LogP contribution in [0.1, 0.15) is 290 Å². The van der Waals surface area contributed by atoms with Crippen molar-refractivity contribution < 1.29 is 24.5 Å². The molecule has 0 saturated carbocycles. The maximum absolute atomic E-state index is 12.4. The summed E-state index contributed by atoms with van der Waals surface area (Å²) in [4.78, 5) is 24.4. The van der Waals surface area contributed by atoms with E-state index in [0.29, 0.717) is 25.9 Å². The lowest BCUT2D eigenvalue weighted by molar-refractivity contribution is -0.143. The van der Waals surface area contributed by atoms with Gasteiger partial charge in [-0.3, -0.25) is 9.59 Å². The van der Waals surface area contributed by atoms with E-state index in [1.165, 1.54) is 199 Å². The number of aliphatic hydroxyl groups excluding tert-OH is 2. The molecule has 0 radical (unpaired) electrons. The summed E-state index contributed by atoms with van der Waals surface area (Å²) < 4.78 is 5.42. The first-order valence-corrected chi connectivity index (χ1v) is 28.4. The minimum Gasteiger partial charge on any atom is -0.465 e. The van der Waals surface area contributed by atoms with Gasteiger partial charge in [0, 0.05) is 12.8 Å². The first kappa shape index (κ1) is 62.8. The number of ether oxygens (including phenoxy) is 1. The molecule has 2 atom stereocenters. The van der Waals surface area contributed by atoms with Crippen LogP contribution in [0, 0.1) is 0 Å². The lowest BCUT2D eigenvalue weighted by Gasteiger charge is -2.22. The van der Waals surface area contributed by atoms with Crippen molar-refractivity contribution in [2.24, 2.45) is 0 Å². The number of hydrogen-bond donors (Lipinski definition) is 3. The largest absolute Gasteiger partial charge is 0.465 e. The van der Waals surface area contributed by atoms with Gasteiger partial charge in [-0.15, -0.1) is 0 Å². The first-order chi connectivity index (χ1) is 32.0. The van der Waals surface area contributed by atoms with Crippen molar-refractivity contribution in [2.75, 3.05) is 13.2 Å². The number of carbonyl (C=O) groups is 2. The highest BCUT2D eigenvalue weighted by Gasteiger charge is 2.20. The smallest absolute Gasteiger partial charge is 0.305 e. The fourth-order valence-corrected chi connectivity index (χ4v) is 8.51. The van der Waals surface area contributed by atoms with Crippen molar-refractivity contribution in [3.8, 4) is 0 Å². The van der Waals surface area contributed by atoms with E-state index >= 15 is 0 Å². The summed E-state index contributed by atoms with van der Waals surface area (Å²) in [5, 5.41) is 23.1. The fourth-order valence-electron chi connectivity index (χ4n) is 8.51. The van der Waals surface area contributed by atoms with Gasteiger partial charge in [0.2, 0.25) is 5.91 Å². The van der Waals surface area contributed by atoms with E-state index < -0.39 is 12.1 Å². The summed E-state index contributed by atoms with van der Waals surface area (Å²) in [5.74, 6) is -0.0863. The van der Waals surface area contributed by atoms with E-state index in [-0.39, 0.29) is 18.5 Å². The molecule has 6 heteroatoms. The number of hydrogen-bond acceptors (Lipinski definition) is 5. The van der Waals surface area contributed by atoms with Crippen LogP contribution in [0.15, 0.2) is 48.6 Å². The van der Waals surface area contributed by atoms with E-state index in [1.54, 1.807) is 0 Å². The summed E-state index contributed by atoms with van der Waals surface area (Å²) in [6, 6.07) is -0.544. The Morgan fingerprint density at radius 3 is 1.18 bits per heavy atom. The van der Waals surface area contributed by atoms with Crippen LogP contribution in [0.25, 0.3) is 0 Å². The lowest BCUT2D eigenvalue weighted by atomic mass is 10.0. The van der Waals surface area contributed by atoms with Crippen molar-refractivity contribution >= 4 is 11.9 Å². The summed E-state index contributed by atoms with van der Waals surface area (Å²) in [5.41, 5.74) is 0. The maximum atomic E-state index is 12.4. The zero-order chi connectivity index (χ0) is 47.2. The molecule has 380 valence electrons. The number of aliphatic hydroxyl groups is 2. The molecule has 65 heavy (non-hydrogen) atoms. The Balaban J connectivity index is 3.44. The van der Waals surface area contributed by atoms with E-state index in [0.717, 1.165) is 57.8 Å². The van der Waals surface area contributed by atoms with Crippen molar-refractivity contribution in [1.82, 2.24) is 5.32 Å². The first-order valence-electron chi connectivity index (χ1n) is 28.4. The number of nitrogens with one attached hydrogen (secondary N) is 1. The third-order valence-electron chi connectivity index (χ3n) is 12.9.